The molecular formula is C39H33N. The molecule has 0 amide bonds. The monoisotopic (exact) mass is 515 g/mol. The number of fused-ring (bicyclic) bond motifs is 4. The van der Waals surface area contributed by atoms with Crippen molar-refractivity contribution in [3.05, 3.63) is 168 Å². The predicted octanol–water partition coefficient (Wildman–Crippen LogP) is 9.92. The summed E-state index contributed by atoms with van der Waals surface area (Å²) in [5.41, 5.74) is 17.8. The van der Waals surface area contributed by atoms with Crippen LogP contribution in [0.25, 0.3) is 45.2 Å². The Hall–Kier alpha value is -4.88. The van der Waals surface area contributed by atoms with Crippen molar-refractivity contribution in [2.75, 3.05) is 0 Å². The first-order valence-electron chi connectivity index (χ1n) is 13.8. The molecule has 1 unspecified atom stereocenters. The van der Waals surface area contributed by atoms with E-state index in [4.69, 9.17) is 5.73 Å². The van der Waals surface area contributed by atoms with Crippen LogP contribution in [0, 0.1) is 0 Å². The van der Waals surface area contributed by atoms with Crippen LogP contribution < -0.4 is 5.73 Å². The molecule has 0 saturated heterocycles. The minimum atomic E-state index is -0.489. The van der Waals surface area contributed by atoms with Gasteiger partial charge in [0.15, 0.2) is 0 Å². The zero-order valence-electron chi connectivity index (χ0n) is 23.1. The van der Waals surface area contributed by atoms with Crippen molar-refractivity contribution >= 4 is 22.9 Å². The maximum atomic E-state index is 6.07. The Morgan fingerprint density at radius 3 is 2.15 bits per heavy atom. The molecule has 2 N–H and O–H groups in total. The van der Waals surface area contributed by atoms with Gasteiger partial charge < -0.3 is 5.73 Å². The standard InChI is InChI=1S/C39H33N/c1-4-14-27-25-36(33-18-11-10-17-32(33)31(27)6-3)28-21-22-35-34-19-12-13-20-37(34)39(38(35)26-28,29(5-2)23-24-40)30-15-8-7-9-16-30/h4-26H,3,40H2,1-2H3/b14-4-,24-23-,29-5+. The van der Waals surface area contributed by atoms with Gasteiger partial charge in [0, 0.05) is 0 Å². The van der Waals surface area contributed by atoms with Crippen molar-refractivity contribution in [2.24, 2.45) is 5.73 Å². The predicted molar refractivity (Wildman–Crippen MR) is 173 cm³/mol. The Kier molecular flexibility index (Phi) is 6.58. The molecule has 1 nitrogen and oxygen atoms in total. The van der Waals surface area contributed by atoms with Gasteiger partial charge in [0.05, 0.1) is 5.41 Å². The van der Waals surface area contributed by atoms with Gasteiger partial charge in [0.25, 0.3) is 0 Å². The van der Waals surface area contributed by atoms with Crippen molar-refractivity contribution in [1.82, 2.24) is 0 Å². The van der Waals surface area contributed by atoms with E-state index in [1.807, 2.05) is 6.08 Å². The fraction of sp³-hybridized carbons (Fsp3) is 0.0769. The minimum Gasteiger partial charge on any atom is -0.405 e. The molecule has 1 aliphatic carbocycles. The number of rotatable bonds is 6. The summed E-state index contributed by atoms with van der Waals surface area (Å²) < 4.78 is 0. The third-order valence-electron chi connectivity index (χ3n) is 8.25. The van der Waals surface area contributed by atoms with E-state index in [-0.39, 0.29) is 0 Å². The normalized spacial score (nSPS) is 16.5. The number of allylic oxidation sites excluding steroid dienone is 4. The van der Waals surface area contributed by atoms with Gasteiger partial charge in [-0.1, -0.05) is 122 Å². The van der Waals surface area contributed by atoms with Crippen molar-refractivity contribution in [3.63, 3.8) is 0 Å². The lowest BCUT2D eigenvalue weighted by Crippen LogP contribution is -2.29. The van der Waals surface area contributed by atoms with Crippen molar-refractivity contribution in [3.8, 4) is 22.3 Å². The van der Waals surface area contributed by atoms with Gasteiger partial charge in [-0.25, -0.2) is 0 Å². The van der Waals surface area contributed by atoms with Crippen molar-refractivity contribution < 1.29 is 0 Å². The fourth-order valence-electron chi connectivity index (χ4n) is 6.67. The Labute approximate surface area is 237 Å². The lowest BCUT2D eigenvalue weighted by Gasteiger charge is -2.35. The van der Waals surface area contributed by atoms with Gasteiger partial charge in [0.2, 0.25) is 0 Å². The third kappa shape index (κ3) is 3.70. The SMILES string of the molecule is C=Cc1c(/C=C\C)cc(-c2ccc3c(c2)C(C(/C=C\N)=C/C)(c2ccccc2)c2ccccc2-3)c2ccccc12. The molecule has 0 heterocycles. The largest absolute Gasteiger partial charge is 0.405 e. The summed E-state index contributed by atoms with van der Waals surface area (Å²) >= 11 is 0. The summed E-state index contributed by atoms with van der Waals surface area (Å²) in [6.07, 6.45) is 12.2. The van der Waals surface area contributed by atoms with E-state index in [0.29, 0.717) is 0 Å². The molecule has 0 aromatic heterocycles. The highest BCUT2D eigenvalue weighted by molar-refractivity contribution is 6.04. The molecule has 1 aliphatic rings. The zero-order chi connectivity index (χ0) is 27.7. The van der Waals surface area contributed by atoms with Crippen LogP contribution in [0.4, 0.5) is 0 Å². The van der Waals surface area contributed by atoms with E-state index in [2.05, 4.69) is 148 Å². The van der Waals surface area contributed by atoms with Crippen LogP contribution in [0.5, 0.6) is 0 Å². The summed E-state index contributed by atoms with van der Waals surface area (Å²) in [5, 5.41) is 2.43. The van der Waals surface area contributed by atoms with E-state index in [1.165, 1.54) is 55.3 Å². The maximum Gasteiger partial charge on any atom is 0.0711 e. The Bertz CT molecular complexity index is 1830. The molecule has 0 fully saturated rings. The summed E-state index contributed by atoms with van der Waals surface area (Å²) in [7, 11) is 0. The van der Waals surface area contributed by atoms with Crippen LogP contribution >= 0.6 is 0 Å². The average molecular weight is 516 g/mol. The molecule has 6 rings (SSSR count). The Morgan fingerprint density at radius 2 is 1.43 bits per heavy atom. The van der Waals surface area contributed by atoms with Crippen LogP contribution in [0.1, 0.15) is 41.7 Å². The number of nitrogens with two attached hydrogens (primary N) is 1. The van der Waals surface area contributed by atoms with Crippen LogP contribution in [0.3, 0.4) is 0 Å². The topological polar surface area (TPSA) is 26.0 Å². The second-order valence-corrected chi connectivity index (χ2v) is 10.2. The molecule has 194 valence electrons. The molecule has 0 spiro atoms. The first kappa shape index (κ1) is 25.4. The highest BCUT2D eigenvalue weighted by Gasteiger charge is 2.46. The van der Waals surface area contributed by atoms with E-state index in [1.54, 1.807) is 6.20 Å². The van der Waals surface area contributed by atoms with Crippen LogP contribution in [-0.2, 0) is 5.41 Å². The smallest absolute Gasteiger partial charge is 0.0711 e. The Morgan fingerprint density at radius 1 is 0.725 bits per heavy atom. The molecule has 1 atom stereocenters. The summed E-state index contributed by atoms with van der Waals surface area (Å²) in [6.45, 7) is 8.31. The lowest BCUT2D eigenvalue weighted by atomic mass is 9.66. The molecule has 0 bridgehead atoms. The molecule has 5 aromatic carbocycles. The average Bonchev–Trinajstić information content (AvgIpc) is 3.30. The second-order valence-electron chi connectivity index (χ2n) is 10.2. The quantitative estimate of drug-likeness (QED) is 0.224. The molecule has 0 radical (unpaired) electrons. The fourth-order valence-corrected chi connectivity index (χ4v) is 6.67. The van der Waals surface area contributed by atoms with Crippen molar-refractivity contribution in [2.45, 2.75) is 19.3 Å². The van der Waals surface area contributed by atoms with Gasteiger partial charge in [-0.15, -0.1) is 0 Å². The molecule has 40 heavy (non-hydrogen) atoms. The highest BCUT2D eigenvalue weighted by Crippen LogP contribution is 2.57. The van der Waals surface area contributed by atoms with E-state index in [9.17, 15) is 0 Å². The highest BCUT2D eigenvalue weighted by atomic mass is 14.5. The van der Waals surface area contributed by atoms with E-state index >= 15 is 0 Å². The first-order valence-corrected chi connectivity index (χ1v) is 13.8. The number of benzene rings is 5. The van der Waals surface area contributed by atoms with Gasteiger partial charge in [-0.05, 0) is 105 Å². The summed E-state index contributed by atoms with van der Waals surface area (Å²) in [6, 6.07) is 37.6. The van der Waals surface area contributed by atoms with Gasteiger partial charge in [0.1, 0.15) is 0 Å². The lowest BCUT2D eigenvalue weighted by molar-refractivity contribution is 0.765. The van der Waals surface area contributed by atoms with E-state index < -0.39 is 5.41 Å². The van der Waals surface area contributed by atoms with E-state index in [0.717, 1.165) is 11.1 Å². The first-order chi connectivity index (χ1) is 19.7. The summed E-state index contributed by atoms with van der Waals surface area (Å²) in [4.78, 5) is 0. The van der Waals surface area contributed by atoms with Gasteiger partial charge in [-0.3, -0.25) is 0 Å². The van der Waals surface area contributed by atoms with Crippen LogP contribution in [0.2, 0.25) is 0 Å². The van der Waals surface area contributed by atoms with Crippen molar-refractivity contribution in [1.29, 1.82) is 0 Å². The molecule has 0 saturated carbocycles. The number of hydrogen-bond donors (Lipinski definition) is 1. The third-order valence-corrected chi connectivity index (χ3v) is 8.25. The molecule has 5 aromatic rings. The molecule has 0 aliphatic heterocycles. The number of hydrogen-bond acceptors (Lipinski definition) is 1. The minimum absolute atomic E-state index is 0.489. The molecular weight excluding hydrogens is 482 g/mol. The second kappa shape index (κ2) is 10.4. The summed E-state index contributed by atoms with van der Waals surface area (Å²) in [5.74, 6) is 0. The van der Waals surface area contributed by atoms with Gasteiger partial charge in [-0.2, -0.15) is 0 Å². The van der Waals surface area contributed by atoms with Crippen LogP contribution in [-0.4, -0.2) is 0 Å². The van der Waals surface area contributed by atoms with Crippen LogP contribution in [0.15, 0.2) is 140 Å². The molecule has 1 heteroatoms. The zero-order valence-corrected chi connectivity index (χ0v) is 23.1. The van der Waals surface area contributed by atoms with Gasteiger partial charge >= 0.3 is 0 Å². The maximum absolute atomic E-state index is 6.07. The Balaban J connectivity index is 1.73.